The van der Waals surface area contributed by atoms with Crippen LogP contribution in [0.1, 0.15) is 21.8 Å². The fourth-order valence-corrected chi connectivity index (χ4v) is 2.05. The van der Waals surface area contributed by atoms with Gasteiger partial charge in [0.05, 0.1) is 0 Å². The average molecular weight is 236 g/mol. The fourth-order valence-electron chi connectivity index (χ4n) is 1.39. The van der Waals surface area contributed by atoms with Crippen molar-refractivity contribution in [3.63, 3.8) is 0 Å². The number of carbonyl (C=O) groups excluding carboxylic acids is 1. The van der Waals surface area contributed by atoms with Gasteiger partial charge in [0.1, 0.15) is 5.76 Å². The molecule has 0 saturated carbocycles. The van der Waals surface area contributed by atoms with Crippen LogP contribution >= 0.6 is 11.3 Å². The van der Waals surface area contributed by atoms with Gasteiger partial charge in [-0.2, -0.15) is 11.3 Å². The molecule has 0 saturated heterocycles. The first-order valence-electron chi connectivity index (χ1n) is 4.86. The van der Waals surface area contributed by atoms with Gasteiger partial charge < -0.3 is 9.42 Å². The summed E-state index contributed by atoms with van der Waals surface area (Å²) in [6.07, 6.45) is 0. The van der Waals surface area contributed by atoms with Crippen molar-refractivity contribution in [1.29, 1.82) is 0 Å². The summed E-state index contributed by atoms with van der Waals surface area (Å²) in [5.41, 5.74) is 1.48. The Kier molecular flexibility index (Phi) is 3.05. The zero-order valence-corrected chi connectivity index (χ0v) is 9.95. The monoisotopic (exact) mass is 236 g/mol. The molecule has 4 nitrogen and oxygen atoms in total. The van der Waals surface area contributed by atoms with Crippen LogP contribution in [0.15, 0.2) is 27.4 Å². The highest BCUT2D eigenvalue weighted by Crippen LogP contribution is 2.11. The number of amides is 1. The average Bonchev–Trinajstić information content (AvgIpc) is 2.88. The zero-order valence-electron chi connectivity index (χ0n) is 9.14. The Labute approximate surface area is 97.5 Å². The summed E-state index contributed by atoms with van der Waals surface area (Å²) >= 11 is 1.62. The van der Waals surface area contributed by atoms with Crippen LogP contribution in [0.5, 0.6) is 0 Å². The number of thiophene rings is 1. The lowest BCUT2D eigenvalue weighted by atomic mass is 10.3. The molecule has 0 fully saturated rings. The Hall–Kier alpha value is -1.62. The van der Waals surface area contributed by atoms with Crippen molar-refractivity contribution in [3.8, 4) is 0 Å². The molecular formula is C11H12N2O2S. The van der Waals surface area contributed by atoms with Gasteiger partial charge >= 0.3 is 0 Å². The number of carbonyl (C=O) groups is 1. The van der Waals surface area contributed by atoms with Crippen LogP contribution in [0.3, 0.4) is 0 Å². The van der Waals surface area contributed by atoms with Crippen LogP contribution in [-0.2, 0) is 6.54 Å². The van der Waals surface area contributed by atoms with Crippen molar-refractivity contribution in [2.45, 2.75) is 13.5 Å². The SMILES string of the molecule is Cc1cc(C(=O)N(C)Cc2ccsc2)no1. The van der Waals surface area contributed by atoms with Gasteiger partial charge in [-0.3, -0.25) is 4.79 Å². The molecule has 2 aromatic rings. The maximum Gasteiger partial charge on any atom is 0.276 e. The van der Waals surface area contributed by atoms with E-state index in [4.69, 9.17) is 4.52 Å². The zero-order chi connectivity index (χ0) is 11.5. The van der Waals surface area contributed by atoms with E-state index in [0.29, 0.717) is 18.0 Å². The minimum absolute atomic E-state index is 0.122. The molecule has 84 valence electrons. The van der Waals surface area contributed by atoms with Crippen LogP contribution in [0.25, 0.3) is 0 Å². The van der Waals surface area contributed by atoms with Gasteiger partial charge in [0, 0.05) is 19.7 Å². The fraction of sp³-hybridized carbons (Fsp3) is 0.273. The lowest BCUT2D eigenvalue weighted by Crippen LogP contribution is -2.26. The normalized spacial score (nSPS) is 10.4. The third kappa shape index (κ3) is 2.30. The molecule has 2 aromatic heterocycles. The lowest BCUT2D eigenvalue weighted by Gasteiger charge is -2.14. The number of nitrogens with zero attached hydrogens (tertiary/aromatic N) is 2. The minimum atomic E-state index is -0.122. The predicted molar refractivity (Wildman–Crippen MR) is 61.4 cm³/mol. The molecule has 0 atom stereocenters. The molecular weight excluding hydrogens is 224 g/mol. The first-order chi connectivity index (χ1) is 7.66. The predicted octanol–water partition coefficient (Wildman–Crippen LogP) is 2.32. The van der Waals surface area contributed by atoms with Crippen molar-refractivity contribution < 1.29 is 9.32 Å². The van der Waals surface area contributed by atoms with Crippen LogP contribution in [0, 0.1) is 6.92 Å². The summed E-state index contributed by atoms with van der Waals surface area (Å²) in [4.78, 5) is 13.5. The van der Waals surface area contributed by atoms with Gasteiger partial charge in [-0.15, -0.1) is 0 Å². The summed E-state index contributed by atoms with van der Waals surface area (Å²) in [6.45, 7) is 2.36. The van der Waals surface area contributed by atoms with E-state index in [9.17, 15) is 4.79 Å². The van der Waals surface area contributed by atoms with Crippen LogP contribution < -0.4 is 0 Å². The number of aryl methyl sites for hydroxylation is 1. The van der Waals surface area contributed by atoms with E-state index in [1.54, 1.807) is 36.3 Å². The van der Waals surface area contributed by atoms with E-state index in [-0.39, 0.29) is 5.91 Å². The molecule has 0 aliphatic rings. The van der Waals surface area contributed by atoms with Crippen molar-refractivity contribution in [2.75, 3.05) is 7.05 Å². The molecule has 16 heavy (non-hydrogen) atoms. The standard InChI is InChI=1S/C11H12N2O2S/c1-8-5-10(12-15-8)11(14)13(2)6-9-3-4-16-7-9/h3-5,7H,6H2,1-2H3. The topological polar surface area (TPSA) is 46.3 Å². The van der Waals surface area contributed by atoms with Gasteiger partial charge in [-0.1, -0.05) is 5.16 Å². The third-order valence-corrected chi connectivity index (χ3v) is 2.93. The molecule has 0 bridgehead atoms. The number of aromatic nitrogens is 1. The van der Waals surface area contributed by atoms with Gasteiger partial charge in [-0.25, -0.2) is 0 Å². The number of hydrogen-bond donors (Lipinski definition) is 0. The summed E-state index contributed by atoms with van der Waals surface area (Å²) < 4.78 is 4.88. The van der Waals surface area contributed by atoms with Crippen LogP contribution in [0.2, 0.25) is 0 Å². The Balaban J connectivity index is 2.05. The van der Waals surface area contributed by atoms with Crippen molar-refractivity contribution in [2.24, 2.45) is 0 Å². The van der Waals surface area contributed by atoms with E-state index in [1.807, 2.05) is 16.8 Å². The van der Waals surface area contributed by atoms with Crippen molar-refractivity contribution in [1.82, 2.24) is 10.1 Å². The summed E-state index contributed by atoms with van der Waals surface area (Å²) in [7, 11) is 1.75. The Morgan fingerprint density at radius 1 is 1.62 bits per heavy atom. The van der Waals surface area contributed by atoms with Gasteiger partial charge in [0.2, 0.25) is 0 Å². The van der Waals surface area contributed by atoms with E-state index < -0.39 is 0 Å². The second kappa shape index (κ2) is 4.49. The van der Waals surface area contributed by atoms with E-state index >= 15 is 0 Å². The minimum Gasteiger partial charge on any atom is -0.361 e. The number of hydrogen-bond acceptors (Lipinski definition) is 4. The summed E-state index contributed by atoms with van der Waals surface area (Å²) in [5.74, 6) is 0.523. The largest absolute Gasteiger partial charge is 0.361 e. The molecule has 1 amide bonds. The molecule has 2 rings (SSSR count). The Bertz CT molecular complexity index is 476. The maximum absolute atomic E-state index is 11.9. The van der Waals surface area contributed by atoms with Crippen LogP contribution in [-0.4, -0.2) is 23.0 Å². The van der Waals surface area contributed by atoms with Gasteiger partial charge in [0.25, 0.3) is 5.91 Å². The van der Waals surface area contributed by atoms with Crippen molar-refractivity contribution in [3.05, 3.63) is 39.9 Å². The second-order valence-electron chi connectivity index (χ2n) is 3.62. The van der Waals surface area contributed by atoms with E-state index in [1.165, 1.54) is 0 Å². The highest BCUT2D eigenvalue weighted by atomic mass is 32.1. The Morgan fingerprint density at radius 2 is 2.44 bits per heavy atom. The molecule has 0 aliphatic heterocycles. The van der Waals surface area contributed by atoms with Crippen LogP contribution in [0.4, 0.5) is 0 Å². The quantitative estimate of drug-likeness (QED) is 0.821. The molecule has 2 heterocycles. The maximum atomic E-state index is 11.9. The molecule has 0 N–H and O–H groups in total. The van der Waals surface area contributed by atoms with E-state index in [0.717, 1.165) is 5.56 Å². The Morgan fingerprint density at radius 3 is 3.00 bits per heavy atom. The molecule has 0 unspecified atom stereocenters. The second-order valence-corrected chi connectivity index (χ2v) is 4.40. The van der Waals surface area contributed by atoms with Gasteiger partial charge in [0.15, 0.2) is 5.69 Å². The molecule has 0 aromatic carbocycles. The first kappa shape index (κ1) is 10.9. The summed E-state index contributed by atoms with van der Waals surface area (Å²) in [5, 5.41) is 7.72. The smallest absolute Gasteiger partial charge is 0.276 e. The lowest BCUT2D eigenvalue weighted by molar-refractivity contribution is 0.0775. The van der Waals surface area contributed by atoms with Gasteiger partial charge in [-0.05, 0) is 29.3 Å². The first-order valence-corrected chi connectivity index (χ1v) is 5.81. The van der Waals surface area contributed by atoms with E-state index in [2.05, 4.69) is 5.16 Å². The highest BCUT2D eigenvalue weighted by Gasteiger charge is 2.15. The molecule has 0 spiro atoms. The molecule has 5 heteroatoms. The highest BCUT2D eigenvalue weighted by molar-refractivity contribution is 7.07. The van der Waals surface area contributed by atoms with Crippen molar-refractivity contribution >= 4 is 17.2 Å². The number of rotatable bonds is 3. The molecule has 0 radical (unpaired) electrons. The third-order valence-electron chi connectivity index (χ3n) is 2.19. The molecule has 0 aliphatic carbocycles. The summed E-state index contributed by atoms with van der Waals surface area (Å²) in [6, 6.07) is 3.65.